The average Bonchev–Trinajstić information content (AvgIpc) is 1.62. The summed E-state index contributed by atoms with van der Waals surface area (Å²) in [6.07, 6.45) is 0. The number of thioether (sulfide) groups is 1. The zero-order chi connectivity index (χ0) is 8.57. The van der Waals surface area contributed by atoms with E-state index >= 15 is 0 Å². The van der Waals surface area contributed by atoms with Crippen molar-refractivity contribution in [2.75, 3.05) is 5.75 Å². The van der Waals surface area contributed by atoms with Crippen LogP contribution in [-0.4, -0.2) is 10.9 Å². The van der Waals surface area contributed by atoms with Gasteiger partial charge in [0.1, 0.15) is 0 Å². The molecule has 0 fully saturated rings. The normalized spacial score (nSPS) is 7.40. The Balaban J connectivity index is 0. The van der Waals surface area contributed by atoms with Gasteiger partial charge in [-0.2, -0.15) is 0 Å². The van der Waals surface area contributed by atoms with Crippen LogP contribution in [0, 0.1) is 0 Å². The number of hydrogen-bond donors (Lipinski definition) is 2. The van der Waals surface area contributed by atoms with Crippen LogP contribution in [0.2, 0.25) is 0 Å². The molecule has 0 amide bonds. The molecule has 60 valence electrons. The van der Waals surface area contributed by atoms with Gasteiger partial charge in [-0.1, -0.05) is 6.92 Å². The minimum Gasteiger partial charge on any atom is -0.744 e. The van der Waals surface area contributed by atoms with Gasteiger partial charge in [-0.15, -0.1) is 0 Å². The van der Waals surface area contributed by atoms with Crippen molar-refractivity contribution < 1.29 is 19.4 Å². The first-order valence-electron chi connectivity index (χ1n) is 2.32. The third-order valence-corrected chi connectivity index (χ3v) is 0.933. The van der Waals surface area contributed by atoms with E-state index in [1.807, 2.05) is 6.92 Å². The van der Waals surface area contributed by atoms with Crippen molar-refractivity contribution >= 4 is 24.8 Å². The van der Waals surface area contributed by atoms with Crippen LogP contribution in [-0.2, 0) is 9.13 Å². The summed E-state index contributed by atoms with van der Waals surface area (Å²) in [4.78, 5) is 8.48. The maximum atomic E-state index is 8.48. The van der Waals surface area contributed by atoms with E-state index in [0.717, 1.165) is 5.75 Å². The predicted molar refractivity (Wildman–Crippen MR) is 37.5 cm³/mol. The van der Waals surface area contributed by atoms with Crippen molar-refractivity contribution in [3.8, 4) is 0 Å². The molecule has 0 bridgehead atoms. The second-order valence-electron chi connectivity index (χ2n) is 1.06. The molecule has 0 spiro atoms. The van der Waals surface area contributed by atoms with E-state index in [2.05, 4.69) is 0 Å². The number of hydrogen-bond acceptors (Lipinski definition) is 4. The molecular formula is C3H9N2O3PS. The molecule has 0 aliphatic heterocycles. The van der Waals surface area contributed by atoms with Crippen LogP contribution < -0.4 is 16.0 Å². The topological polar surface area (TPSA) is 109 Å². The van der Waals surface area contributed by atoms with Gasteiger partial charge in [-0.3, -0.25) is 20.3 Å². The molecule has 0 unspecified atom stereocenters. The molecular weight excluding hydrogens is 175 g/mol. The Morgan fingerprint density at radius 2 is 2.10 bits per heavy atom. The highest BCUT2D eigenvalue weighted by molar-refractivity contribution is 8.13. The summed E-state index contributed by atoms with van der Waals surface area (Å²) in [6.45, 7) is 2.00. The lowest BCUT2D eigenvalue weighted by Crippen LogP contribution is -2.43. The van der Waals surface area contributed by atoms with Crippen LogP contribution in [0.25, 0.3) is 0 Å². The van der Waals surface area contributed by atoms with E-state index in [9.17, 15) is 0 Å². The quantitative estimate of drug-likeness (QED) is 0.285. The second-order valence-corrected chi connectivity index (χ2v) is 2.84. The Morgan fingerprint density at radius 1 is 1.80 bits per heavy atom. The maximum absolute atomic E-state index is 8.48. The van der Waals surface area contributed by atoms with E-state index in [0.29, 0.717) is 5.17 Å². The molecule has 0 saturated carbocycles. The fraction of sp³-hybridized carbons (Fsp3) is 0.667. The van der Waals surface area contributed by atoms with Crippen LogP contribution in [0.1, 0.15) is 6.92 Å². The second kappa shape index (κ2) is 8.68. The molecule has 0 aromatic carbocycles. The van der Waals surface area contributed by atoms with Gasteiger partial charge in [-0.25, -0.2) is 0 Å². The third kappa shape index (κ3) is 47.7. The van der Waals surface area contributed by atoms with Crippen LogP contribution >= 0.6 is 19.7 Å². The number of nitrogens with two attached hydrogens (primary N) is 2. The molecule has 0 aromatic heterocycles. The Morgan fingerprint density at radius 3 is 2.10 bits per heavy atom. The van der Waals surface area contributed by atoms with Gasteiger partial charge in [0, 0.05) is 5.75 Å². The molecule has 0 rings (SSSR count). The van der Waals surface area contributed by atoms with Gasteiger partial charge in [0.15, 0.2) is 0 Å². The molecule has 0 atom stereocenters. The van der Waals surface area contributed by atoms with E-state index in [1.165, 1.54) is 11.8 Å². The lowest BCUT2D eigenvalue weighted by atomic mass is 11.0. The van der Waals surface area contributed by atoms with Gasteiger partial charge in [0.05, 0.1) is 0 Å². The standard InChI is InChI=1S/C3H8N2S.HO3P/c1-2-6-3(4)5;1-4(2)3/h2H2,1H3,(H3,4,5);(H,1,2,3). The van der Waals surface area contributed by atoms with Crippen LogP contribution in [0.15, 0.2) is 0 Å². The lowest BCUT2D eigenvalue weighted by Gasteiger charge is -1.78. The first kappa shape index (κ1) is 12.4. The summed E-state index contributed by atoms with van der Waals surface area (Å²) >= 11 is 1.46. The van der Waals surface area contributed by atoms with Gasteiger partial charge in [0.25, 0.3) is 5.17 Å². The van der Waals surface area contributed by atoms with Gasteiger partial charge < -0.3 is 4.89 Å². The van der Waals surface area contributed by atoms with Crippen LogP contribution in [0.5, 0.6) is 0 Å². The molecule has 0 aromatic rings. The highest BCUT2D eigenvalue weighted by Gasteiger charge is 1.87. The summed E-state index contributed by atoms with van der Waals surface area (Å²) in [5.41, 5.74) is 5.06. The first-order chi connectivity index (χ1) is 4.50. The maximum Gasteiger partial charge on any atom is 0.299 e. The smallest absolute Gasteiger partial charge is 0.299 e. The predicted octanol–water partition coefficient (Wildman–Crippen LogP) is -1.75. The van der Waals surface area contributed by atoms with Crippen molar-refractivity contribution in [2.24, 2.45) is 5.73 Å². The minimum atomic E-state index is -3.37. The zero-order valence-corrected chi connectivity index (χ0v) is 7.15. The Labute approximate surface area is 63.4 Å². The van der Waals surface area contributed by atoms with E-state index < -0.39 is 7.91 Å². The largest absolute Gasteiger partial charge is 0.744 e. The van der Waals surface area contributed by atoms with Crippen LogP contribution in [0.3, 0.4) is 0 Å². The highest BCUT2D eigenvalue weighted by atomic mass is 32.2. The molecule has 0 heterocycles. The van der Waals surface area contributed by atoms with E-state index in [-0.39, 0.29) is 0 Å². The molecule has 0 radical (unpaired) electrons. The van der Waals surface area contributed by atoms with Crippen LogP contribution in [0.4, 0.5) is 0 Å². The zero-order valence-electron chi connectivity index (χ0n) is 5.44. The van der Waals surface area contributed by atoms with Crippen molar-refractivity contribution in [3.05, 3.63) is 0 Å². The summed E-state index contributed by atoms with van der Waals surface area (Å²) in [5, 5.41) is 5.52. The lowest BCUT2D eigenvalue weighted by molar-refractivity contribution is -0.168. The summed E-state index contributed by atoms with van der Waals surface area (Å²) in [5.74, 6) is 0.961. The minimum absolute atomic E-state index is 0.456. The Kier molecular flexibility index (Phi) is 10.7. The van der Waals surface area contributed by atoms with Crippen molar-refractivity contribution in [1.82, 2.24) is 0 Å². The molecule has 0 aliphatic rings. The van der Waals surface area contributed by atoms with Crippen molar-refractivity contribution in [3.63, 3.8) is 0 Å². The molecule has 10 heavy (non-hydrogen) atoms. The molecule has 7 heteroatoms. The summed E-state index contributed by atoms with van der Waals surface area (Å²) in [6, 6.07) is 0. The molecule has 0 aliphatic carbocycles. The highest BCUT2D eigenvalue weighted by Crippen LogP contribution is 1.89. The third-order valence-electron chi connectivity index (χ3n) is 0.311. The first-order valence-corrected chi connectivity index (χ1v) is 4.41. The fourth-order valence-electron chi connectivity index (χ4n) is 0.167. The molecule has 4 N–H and O–H groups in total. The van der Waals surface area contributed by atoms with Crippen molar-refractivity contribution in [1.29, 1.82) is 0 Å². The summed E-state index contributed by atoms with van der Waals surface area (Å²) < 4.78 is 17.0. The summed E-state index contributed by atoms with van der Waals surface area (Å²) in [7, 11) is -3.37. The van der Waals surface area contributed by atoms with Gasteiger partial charge in [0.2, 0.25) is 7.91 Å². The molecule has 5 nitrogen and oxygen atoms in total. The van der Waals surface area contributed by atoms with E-state index in [1.54, 1.807) is 0 Å². The monoisotopic (exact) mass is 184 g/mol. The molecule has 0 saturated heterocycles. The van der Waals surface area contributed by atoms with E-state index in [4.69, 9.17) is 25.2 Å². The number of rotatable bonds is 1. The van der Waals surface area contributed by atoms with Crippen molar-refractivity contribution in [2.45, 2.75) is 6.92 Å². The fourth-order valence-corrected chi connectivity index (χ4v) is 0.500. The van der Waals surface area contributed by atoms with Gasteiger partial charge in [-0.05, 0) is 11.8 Å². The Hall–Kier alpha value is -0.320. The average molecular weight is 184 g/mol. The number of amidine groups is 1. The Bertz CT molecular complexity index is 150. The SMILES string of the molecule is CCSC(N)=[NH2+].O=P(=O)[O-]. The van der Waals surface area contributed by atoms with Gasteiger partial charge >= 0.3 is 0 Å².